The topological polar surface area (TPSA) is 89.4 Å². The Morgan fingerprint density at radius 1 is 1.33 bits per heavy atom. The molecule has 0 unspecified atom stereocenters. The number of hydrogen-bond donors (Lipinski definition) is 2. The van der Waals surface area contributed by atoms with Gasteiger partial charge < -0.3 is 10.5 Å². The molecule has 2 aromatic rings. The first kappa shape index (κ1) is 18.6. The van der Waals surface area contributed by atoms with Crippen molar-refractivity contribution in [1.82, 2.24) is 0 Å². The molecule has 0 aliphatic rings. The molecule has 0 bridgehead atoms. The van der Waals surface area contributed by atoms with E-state index in [1.165, 1.54) is 10.9 Å². The first-order valence-corrected chi connectivity index (χ1v) is 11.7. The SMILES string of the molecule is CC(C)(CCc1sccc1-c1ccc([N+](=O)[O-])c(N)c1)[Si](C)(C)O. The smallest absolute Gasteiger partial charge is 0.292 e. The Labute approximate surface area is 147 Å². The van der Waals surface area contributed by atoms with Crippen LogP contribution in [-0.2, 0) is 6.42 Å². The summed E-state index contributed by atoms with van der Waals surface area (Å²) < 4.78 is 0. The fraction of sp³-hybridized carbons (Fsp3) is 0.412. The van der Waals surface area contributed by atoms with Crippen LogP contribution in [0.1, 0.15) is 25.1 Å². The molecule has 0 saturated carbocycles. The Hall–Kier alpha value is -1.70. The lowest BCUT2D eigenvalue weighted by Crippen LogP contribution is -2.39. The number of nitrogens with two attached hydrogens (primary N) is 1. The van der Waals surface area contributed by atoms with E-state index in [2.05, 4.69) is 13.8 Å². The second kappa shape index (κ2) is 6.66. The predicted molar refractivity (Wildman–Crippen MR) is 103 cm³/mol. The van der Waals surface area contributed by atoms with E-state index in [1.54, 1.807) is 23.5 Å². The zero-order chi connectivity index (χ0) is 18.1. The molecular formula is C17H24N2O3SSi. The molecule has 0 aliphatic carbocycles. The van der Waals surface area contributed by atoms with Crippen molar-refractivity contribution in [1.29, 1.82) is 0 Å². The molecule has 1 aromatic carbocycles. The standard InChI is InChI=1S/C17H24N2O3SSi/c1-17(2,24(3,4)22)9-7-16-13(8-10-23-16)12-5-6-15(19(20)21)14(18)11-12/h5-6,8,10-11,22H,7,9,18H2,1-4H3. The van der Waals surface area contributed by atoms with Crippen molar-refractivity contribution in [3.05, 3.63) is 44.6 Å². The van der Waals surface area contributed by atoms with Gasteiger partial charge in [-0.15, -0.1) is 11.3 Å². The number of thiophene rings is 1. The second-order valence-electron chi connectivity index (χ2n) is 7.23. The minimum absolute atomic E-state index is 0.0651. The Morgan fingerprint density at radius 3 is 2.54 bits per heavy atom. The molecule has 0 saturated heterocycles. The highest BCUT2D eigenvalue weighted by molar-refractivity contribution is 7.10. The lowest BCUT2D eigenvalue weighted by Gasteiger charge is -2.35. The van der Waals surface area contributed by atoms with Crippen LogP contribution in [0.2, 0.25) is 18.1 Å². The van der Waals surface area contributed by atoms with E-state index < -0.39 is 13.2 Å². The number of benzene rings is 1. The maximum absolute atomic E-state index is 10.9. The Bertz CT molecular complexity index is 751. The van der Waals surface area contributed by atoms with Gasteiger partial charge in [-0.2, -0.15) is 0 Å². The van der Waals surface area contributed by atoms with Crippen molar-refractivity contribution in [3.8, 4) is 11.1 Å². The van der Waals surface area contributed by atoms with Crippen molar-refractivity contribution < 1.29 is 9.72 Å². The number of rotatable bonds is 6. The van der Waals surface area contributed by atoms with Crippen molar-refractivity contribution in [2.75, 3.05) is 5.73 Å². The van der Waals surface area contributed by atoms with Crippen molar-refractivity contribution in [2.24, 2.45) is 0 Å². The summed E-state index contributed by atoms with van der Waals surface area (Å²) in [6, 6.07) is 6.89. The third-order valence-electron chi connectivity index (χ3n) is 4.91. The van der Waals surface area contributed by atoms with Gasteiger partial charge in [0.2, 0.25) is 0 Å². The molecule has 1 aromatic heterocycles. The molecule has 0 amide bonds. The molecule has 3 N–H and O–H groups in total. The van der Waals surface area contributed by atoms with Crippen LogP contribution in [0, 0.1) is 10.1 Å². The molecule has 0 fully saturated rings. The summed E-state index contributed by atoms with van der Waals surface area (Å²) in [6.07, 6.45) is 1.77. The molecule has 0 aliphatic heterocycles. The van der Waals surface area contributed by atoms with Gasteiger partial charge in [-0.05, 0) is 65.7 Å². The third-order valence-corrected chi connectivity index (χ3v) is 9.46. The van der Waals surface area contributed by atoms with Gasteiger partial charge in [0, 0.05) is 10.9 Å². The highest BCUT2D eigenvalue weighted by Gasteiger charge is 2.37. The van der Waals surface area contributed by atoms with Crippen molar-refractivity contribution in [3.63, 3.8) is 0 Å². The van der Waals surface area contributed by atoms with E-state index >= 15 is 0 Å². The zero-order valence-electron chi connectivity index (χ0n) is 14.5. The van der Waals surface area contributed by atoms with Gasteiger partial charge in [0.15, 0.2) is 8.32 Å². The first-order valence-electron chi connectivity index (χ1n) is 7.86. The van der Waals surface area contributed by atoms with Crippen LogP contribution in [0.5, 0.6) is 0 Å². The van der Waals surface area contributed by atoms with Gasteiger partial charge in [0.25, 0.3) is 5.69 Å². The van der Waals surface area contributed by atoms with Crippen LogP contribution in [0.25, 0.3) is 11.1 Å². The Balaban J connectivity index is 2.25. The summed E-state index contributed by atoms with van der Waals surface area (Å²) in [7, 11) is -2.23. The van der Waals surface area contributed by atoms with Crippen LogP contribution >= 0.6 is 11.3 Å². The highest BCUT2D eigenvalue weighted by Crippen LogP contribution is 2.41. The summed E-state index contributed by atoms with van der Waals surface area (Å²) in [5.41, 5.74) is 7.89. The molecule has 130 valence electrons. The van der Waals surface area contributed by atoms with E-state index in [9.17, 15) is 14.9 Å². The average Bonchev–Trinajstić information content (AvgIpc) is 2.91. The van der Waals surface area contributed by atoms with Gasteiger partial charge in [0.1, 0.15) is 5.69 Å². The van der Waals surface area contributed by atoms with E-state index in [-0.39, 0.29) is 16.4 Å². The Morgan fingerprint density at radius 2 is 2.00 bits per heavy atom. The van der Waals surface area contributed by atoms with Gasteiger partial charge >= 0.3 is 0 Å². The molecule has 0 atom stereocenters. The largest absolute Gasteiger partial charge is 0.432 e. The molecular weight excluding hydrogens is 340 g/mol. The van der Waals surface area contributed by atoms with E-state index in [1.807, 2.05) is 24.5 Å². The molecule has 2 rings (SSSR count). The second-order valence-corrected chi connectivity index (χ2v) is 12.7. The van der Waals surface area contributed by atoms with Gasteiger partial charge in [-0.3, -0.25) is 10.1 Å². The Kier molecular flexibility index (Phi) is 5.17. The van der Waals surface area contributed by atoms with Gasteiger partial charge in [-0.25, -0.2) is 0 Å². The molecule has 0 radical (unpaired) electrons. The molecule has 1 heterocycles. The van der Waals surface area contributed by atoms with Crippen molar-refractivity contribution in [2.45, 2.75) is 44.8 Å². The van der Waals surface area contributed by atoms with Crippen LogP contribution in [0.3, 0.4) is 0 Å². The number of hydrogen-bond acceptors (Lipinski definition) is 5. The lowest BCUT2D eigenvalue weighted by molar-refractivity contribution is -0.383. The van der Waals surface area contributed by atoms with Crippen LogP contribution in [-0.4, -0.2) is 18.0 Å². The quantitative estimate of drug-likeness (QED) is 0.333. The fourth-order valence-electron chi connectivity index (χ4n) is 2.41. The van der Waals surface area contributed by atoms with Crippen molar-refractivity contribution >= 4 is 31.0 Å². The summed E-state index contributed by atoms with van der Waals surface area (Å²) in [5, 5.41) is 12.8. The minimum atomic E-state index is -2.23. The number of nitrogen functional groups attached to an aromatic ring is 1. The van der Waals surface area contributed by atoms with Crippen LogP contribution in [0.15, 0.2) is 29.6 Å². The van der Waals surface area contributed by atoms with E-state index in [0.717, 1.165) is 24.0 Å². The number of nitro groups is 1. The van der Waals surface area contributed by atoms with Gasteiger partial charge in [-0.1, -0.05) is 13.8 Å². The molecule has 5 nitrogen and oxygen atoms in total. The number of nitro benzene ring substituents is 1. The summed E-state index contributed by atoms with van der Waals surface area (Å²) >= 11 is 1.67. The maximum atomic E-state index is 10.9. The summed E-state index contributed by atoms with van der Waals surface area (Å²) in [5.74, 6) is 0. The predicted octanol–water partition coefficient (Wildman–Crippen LogP) is 4.82. The number of nitrogens with zero attached hydrogens (tertiary/aromatic N) is 1. The van der Waals surface area contributed by atoms with E-state index in [4.69, 9.17) is 5.73 Å². The molecule has 0 spiro atoms. The van der Waals surface area contributed by atoms with Crippen LogP contribution in [0.4, 0.5) is 11.4 Å². The fourth-order valence-corrected chi connectivity index (χ4v) is 4.05. The maximum Gasteiger partial charge on any atom is 0.292 e. The number of anilines is 1. The highest BCUT2D eigenvalue weighted by atomic mass is 32.1. The number of aryl methyl sites for hydroxylation is 1. The average molecular weight is 365 g/mol. The van der Waals surface area contributed by atoms with Crippen LogP contribution < -0.4 is 5.73 Å². The third kappa shape index (κ3) is 3.85. The normalized spacial score (nSPS) is 12.4. The lowest BCUT2D eigenvalue weighted by atomic mass is 10.00. The molecule has 7 heteroatoms. The summed E-state index contributed by atoms with van der Waals surface area (Å²) in [6.45, 7) is 8.19. The first-order chi connectivity index (χ1) is 11.0. The van der Waals surface area contributed by atoms with Gasteiger partial charge in [0.05, 0.1) is 4.92 Å². The molecule has 24 heavy (non-hydrogen) atoms. The van der Waals surface area contributed by atoms with E-state index in [0.29, 0.717) is 0 Å². The minimum Gasteiger partial charge on any atom is -0.432 e. The summed E-state index contributed by atoms with van der Waals surface area (Å²) in [4.78, 5) is 22.1. The monoisotopic (exact) mass is 364 g/mol. The zero-order valence-corrected chi connectivity index (χ0v) is 16.3.